The molecular formula is C17H15F2NO5. The summed E-state index contributed by atoms with van der Waals surface area (Å²) in [6.45, 7) is 0. The molecule has 3 rings (SSSR count). The van der Waals surface area contributed by atoms with Gasteiger partial charge in [-0.1, -0.05) is 6.07 Å². The molecule has 0 saturated heterocycles. The summed E-state index contributed by atoms with van der Waals surface area (Å²) in [4.78, 5) is 35.4. The molecule has 132 valence electrons. The first-order chi connectivity index (χ1) is 11.9. The third-order valence-electron chi connectivity index (χ3n) is 3.98. The first-order valence-corrected chi connectivity index (χ1v) is 7.66. The third kappa shape index (κ3) is 3.38. The number of hydrogen-bond acceptors (Lipinski definition) is 5. The number of amides is 1. The average Bonchev–Trinajstić information content (AvgIpc) is 3.34. The van der Waals surface area contributed by atoms with E-state index in [2.05, 4.69) is 10.1 Å². The Hall–Kier alpha value is -2.77. The number of ketones is 1. The Morgan fingerprint density at radius 2 is 2.04 bits per heavy atom. The number of benzene rings is 1. The maximum Gasteiger partial charge on any atom is 0.374 e. The Balaban J connectivity index is 1.97. The maximum absolute atomic E-state index is 13.5. The highest BCUT2D eigenvalue weighted by molar-refractivity contribution is 6.10. The van der Waals surface area contributed by atoms with Crippen molar-refractivity contribution in [2.75, 3.05) is 12.4 Å². The lowest BCUT2D eigenvalue weighted by Gasteiger charge is -2.07. The summed E-state index contributed by atoms with van der Waals surface area (Å²) < 4.78 is 36.6. The van der Waals surface area contributed by atoms with Crippen LogP contribution in [0.15, 0.2) is 22.6 Å². The van der Waals surface area contributed by atoms with Gasteiger partial charge in [-0.05, 0) is 25.0 Å². The molecule has 1 fully saturated rings. The van der Waals surface area contributed by atoms with E-state index in [4.69, 9.17) is 4.42 Å². The van der Waals surface area contributed by atoms with E-state index in [0.29, 0.717) is 0 Å². The van der Waals surface area contributed by atoms with Crippen LogP contribution in [-0.4, -0.2) is 24.8 Å². The quantitative estimate of drug-likeness (QED) is 0.636. The molecule has 1 aliphatic carbocycles. The van der Waals surface area contributed by atoms with Gasteiger partial charge in [-0.3, -0.25) is 9.59 Å². The standard InChI is InChI=1S/C17H15F2NO5/c1-24-17(23)15-14(16(18)19)13-9(3-2-4-11(13)25-15)20-12(22)7-10(21)8-5-6-8/h2-4,8,16H,5-7H2,1H3,(H,20,22). The minimum Gasteiger partial charge on any atom is -0.463 e. The molecule has 6 nitrogen and oxygen atoms in total. The molecule has 1 N–H and O–H groups in total. The summed E-state index contributed by atoms with van der Waals surface area (Å²) >= 11 is 0. The van der Waals surface area contributed by atoms with Crippen LogP contribution in [0.3, 0.4) is 0 Å². The summed E-state index contributed by atoms with van der Waals surface area (Å²) in [7, 11) is 1.05. The molecular weight excluding hydrogens is 336 g/mol. The summed E-state index contributed by atoms with van der Waals surface area (Å²) in [6.07, 6.45) is -1.77. The first-order valence-electron chi connectivity index (χ1n) is 7.66. The summed E-state index contributed by atoms with van der Waals surface area (Å²) in [6, 6.07) is 4.30. The second kappa shape index (κ2) is 6.62. The van der Waals surface area contributed by atoms with Gasteiger partial charge in [0.25, 0.3) is 6.43 Å². The Labute approximate surface area is 141 Å². The lowest BCUT2D eigenvalue weighted by Crippen LogP contribution is -2.17. The van der Waals surface area contributed by atoms with Crippen LogP contribution in [0.4, 0.5) is 14.5 Å². The van der Waals surface area contributed by atoms with Crippen LogP contribution < -0.4 is 5.32 Å². The number of halogens is 2. The Kier molecular flexibility index (Phi) is 4.52. The zero-order valence-corrected chi connectivity index (χ0v) is 13.3. The van der Waals surface area contributed by atoms with E-state index in [1.165, 1.54) is 18.2 Å². The highest BCUT2D eigenvalue weighted by Crippen LogP contribution is 2.38. The van der Waals surface area contributed by atoms with Crippen LogP contribution in [0.5, 0.6) is 0 Å². The first kappa shape index (κ1) is 17.1. The Bertz CT molecular complexity index is 854. The van der Waals surface area contributed by atoms with Crippen molar-refractivity contribution in [1.29, 1.82) is 0 Å². The monoisotopic (exact) mass is 351 g/mol. The van der Waals surface area contributed by atoms with Gasteiger partial charge < -0.3 is 14.5 Å². The summed E-state index contributed by atoms with van der Waals surface area (Å²) in [5.41, 5.74) is -0.575. The third-order valence-corrected chi connectivity index (χ3v) is 3.98. The normalized spacial score (nSPS) is 13.9. The van der Waals surface area contributed by atoms with Gasteiger partial charge in [-0.2, -0.15) is 0 Å². The van der Waals surface area contributed by atoms with Gasteiger partial charge in [-0.25, -0.2) is 13.6 Å². The van der Waals surface area contributed by atoms with Crippen molar-refractivity contribution in [3.8, 4) is 0 Å². The number of furan rings is 1. The van der Waals surface area contributed by atoms with E-state index in [9.17, 15) is 23.2 Å². The number of methoxy groups -OCH3 is 1. The van der Waals surface area contributed by atoms with Crippen molar-refractivity contribution >= 4 is 34.3 Å². The van der Waals surface area contributed by atoms with Crippen LogP contribution in [0, 0.1) is 5.92 Å². The zero-order chi connectivity index (χ0) is 18.1. The molecule has 0 aliphatic heterocycles. The van der Waals surface area contributed by atoms with E-state index in [-0.39, 0.29) is 34.8 Å². The largest absolute Gasteiger partial charge is 0.463 e. The fourth-order valence-electron chi connectivity index (χ4n) is 2.63. The molecule has 2 aromatic rings. The van der Waals surface area contributed by atoms with Crippen LogP contribution >= 0.6 is 0 Å². The second-order valence-corrected chi connectivity index (χ2v) is 5.78. The van der Waals surface area contributed by atoms with Crippen LogP contribution in [0.1, 0.15) is 41.8 Å². The van der Waals surface area contributed by atoms with Gasteiger partial charge in [0.05, 0.1) is 30.2 Å². The number of nitrogens with one attached hydrogen (secondary N) is 1. The highest BCUT2D eigenvalue weighted by atomic mass is 19.3. The molecule has 0 bridgehead atoms. The minimum atomic E-state index is -3.01. The molecule has 1 aliphatic rings. The molecule has 0 spiro atoms. The number of esters is 1. The molecule has 1 heterocycles. The van der Waals surface area contributed by atoms with Gasteiger partial charge in [0.15, 0.2) is 0 Å². The topological polar surface area (TPSA) is 85.6 Å². The lowest BCUT2D eigenvalue weighted by atomic mass is 10.1. The zero-order valence-electron chi connectivity index (χ0n) is 13.3. The molecule has 1 saturated carbocycles. The number of ether oxygens (including phenoxy) is 1. The number of alkyl halides is 2. The van der Waals surface area contributed by atoms with Crippen molar-refractivity contribution in [2.24, 2.45) is 5.92 Å². The Morgan fingerprint density at radius 1 is 1.32 bits per heavy atom. The van der Waals surface area contributed by atoms with Gasteiger partial charge in [0.1, 0.15) is 11.4 Å². The fraction of sp³-hybridized carbons (Fsp3) is 0.353. The second-order valence-electron chi connectivity index (χ2n) is 5.78. The van der Waals surface area contributed by atoms with Crippen molar-refractivity contribution in [3.05, 3.63) is 29.5 Å². The Morgan fingerprint density at radius 3 is 2.64 bits per heavy atom. The summed E-state index contributed by atoms with van der Waals surface area (Å²) in [5, 5.41) is 2.38. The highest BCUT2D eigenvalue weighted by Gasteiger charge is 2.32. The van der Waals surface area contributed by atoms with Crippen molar-refractivity contribution in [2.45, 2.75) is 25.7 Å². The van der Waals surface area contributed by atoms with Gasteiger partial charge in [0.2, 0.25) is 11.7 Å². The van der Waals surface area contributed by atoms with E-state index >= 15 is 0 Å². The van der Waals surface area contributed by atoms with Crippen LogP contribution in [0.2, 0.25) is 0 Å². The van der Waals surface area contributed by atoms with E-state index in [0.717, 1.165) is 20.0 Å². The smallest absolute Gasteiger partial charge is 0.374 e. The molecule has 8 heteroatoms. The average molecular weight is 351 g/mol. The number of carbonyl (C=O) groups excluding carboxylic acids is 3. The molecule has 0 unspecified atom stereocenters. The number of carbonyl (C=O) groups is 3. The molecule has 1 aromatic heterocycles. The van der Waals surface area contributed by atoms with Crippen molar-refractivity contribution in [3.63, 3.8) is 0 Å². The summed E-state index contributed by atoms with van der Waals surface area (Å²) in [5.74, 6) is -2.47. The SMILES string of the molecule is COC(=O)c1oc2cccc(NC(=O)CC(=O)C3CC3)c2c1C(F)F. The molecule has 1 amide bonds. The molecule has 25 heavy (non-hydrogen) atoms. The minimum absolute atomic E-state index is 0.0158. The number of Topliss-reactive ketones (excluding diaryl/α,β-unsaturated/α-hetero) is 1. The molecule has 1 aromatic carbocycles. The predicted octanol–water partition coefficient (Wildman–Crippen LogP) is 3.46. The van der Waals surface area contributed by atoms with Crippen molar-refractivity contribution < 1.29 is 32.3 Å². The molecule has 0 radical (unpaired) electrons. The van der Waals surface area contributed by atoms with E-state index in [1.54, 1.807) is 0 Å². The van der Waals surface area contributed by atoms with E-state index in [1.807, 2.05) is 0 Å². The van der Waals surface area contributed by atoms with E-state index < -0.39 is 29.6 Å². The van der Waals surface area contributed by atoms with Gasteiger partial charge in [-0.15, -0.1) is 0 Å². The van der Waals surface area contributed by atoms with Crippen LogP contribution in [0.25, 0.3) is 11.0 Å². The fourth-order valence-corrected chi connectivity index (χ4v) is 2.63. The van der Waals surface area contributed by atoms with Gasteiger partial charge >= 0.3 is 5.97 Å². The number of fused-ring (bicyclic) bond motifs is 1. The lowest BCUT2D eigenvalue weighted by molar-refractivity contribution is -0.126. The predicted molar refractivity (Wildman–Crippen MR) is 83.5 cm³/mol. The molecule has 0 atom stereocenters. The van der Waals surface area contributed by atoms with Crippen LogP contribution in [-0.2, 0) is 14.3 Å². The number of hydrogen-bond donors (Lipinski definition) is 1. The van der Waals surface area contributed by atoms with Crippen molar-refractivity contribution in [1.82, 2.24) is 0 Å². The van der Waals surface area contributed by atoms with Gasteiger partial charge in [0, 0.05) is 5.92 Å². The maximum atomic E-state index is 13.5. The number of anilines is 1. The number of rotatable bonds is 6.